The molecule has 0 aliphatic heterocycles. The van der Waals surface area contributed by atoms with E-state index in [1.54, 1.807) is 0 Å². The first-order valence-corrected chi connectivity index (χ1v) is 10.7. The van der Waals surface area contributed by atoms with Gasteiger partial charge in [0, 0.05) is 24.5 Å². The molecule has 32 heavy (non-hydrogen) atoms. The molecule has 0 aliphatic carbocycles. The molecule has 172 valence electrons. The van der Waals surface area contributed by atoms with Crippen LogP contribution in [0.1, 0.15) is 33.3 Å². The fourth-order valence-corrected chi connectivity index (χ4v) is 2.72. The van der Waals surface area contributed by atoms with E-state index in [1.807, 2.05) is 82.3 Å². The Morgan fingerprint density at radius 2 is 1.56 bits per heavy atom. The minimum absolute atomic E-state index is 0.0231. The van der Waals surface area contributed by atoms with Gasteiger partial charge < -0.3 is 20.7 Å². The van der Waals surface area contributed by atoms with Crippen molar-refractivity contribution in [2.75, 3.05) is 30.3 Å². The number of benzene rings is 2. The van der Waals surface area contributed by atoms with E-state index in [9.17, 15) is 9.59 Å². The van der Waals surface area contributed by atoms with E-state index >= 15 is 0 Å². The van der Waals surface area contributed by atoms with E-state index in [-0.39, 0.29) is 12.5 Å². The van der Waals surface area contributed by atoms with Crippen LogP contribution < -0.4 is 21.3 Å². The second kappa shape index (κ2) is 12.3. The van der Waals surface area contributed by atoms with Crippen molar-refractivity contribution in [3.05, 3.63) is 60.2 Å². The minimum Gasteiger partial charge on any atom is -0.444 e. The highest BCUT2D eigenvalue weighted by molar-refractivity contribution is 5.94. The Bertz CT molecular complexity index is 890. The quantitative estimate of drug-likeness (QED) is 0.370. The van der Waals surface area contributed by atoms with Crippen LogP contribution in [0.2, 0.25) is 0 Å². The standard InChI is InChI=1S/C24H33N5O3/c1-5-25-22(27-17-21(30)28-19-9-7-6-8-10-19)26-16-15-18-11-13-20(14-12-18)29-23(31)32-24(2,3)4/h6-14H,5,15-17H2,1-4H3,(H,28,30)(H,29,31)(H2,25,26,27). The van der Waals surface area contributed by atoms with E-state index < -0.39 is 11.7 Å². The summed E-state index contributed by atoms with van der Waals surface area (Å²) in [5.74, 6) is 0.403. The van der Waals surface area contributed by atoms with Gasteiger partial charge in [-0.3, -0.25) is 10.1 Å². The number of aliphatic imine (C=N–C) groups is 1. The molecule has 0 saturated carbocycles. The fourth-order valence-electron chi connectivity index (χ4n) is 2.72. The van der Waals surface area contributed by atoms with Gasteiger partial charge >= 0.3 is 6.09 Å². The molecule has 0 heterocycles. The molecule has 2 rings (SSSR count). The summed E-state index contributed by atoms with van der Waals surface area (Å²) in [7, 11) is 0. The maximum absolute atomic E-state index is 12.1. The maximum atomic E-state index is 12.1. The van der Waals surface area contributed by atoms with Gasteiger partial charge in [0.2, 0.25) is 5.91 Å². The molecule has 2 aromatic carbocycles. The van der Waals surface area contributed by atoms with Crippen LogP contribution in [0.15, 0.2) is 59.6 Å². The molecule has 0 spiro atoms. The Hall–Kier alpha value is -3.55. The smallest absolute Gasteiger partial charge is 0.412 e. The van der Waals surface area contributed by atoms with Gasteiger partial charge in [-0.2, -0.15) is 0 Å². The van der Waals surface area contributed by atoms with Gasteiger partial charge in [-0.25, -0.2) is 9.79 Å². The number of para-hydroxylation sites is 1. The van der Waals surface area contributed by atoms with Gasteiger partial charge in [-0.1, -0.05) is 30.3 Å². The van der Waals surface area contributed by atoms with E-state index in [2.05, 4.69) is 26.3 Å². The second-order valence-electron chi connectivity index (χ2n) is 8.11. The van der Waals surface area contributed by atoms with Crippen molar-refractivity contribution in [1.82, 2.24) is 10.6 Å². The van der Waals surface area contributed by atoms with Crippen molar-refractivity contribution in [2.24, 2.45) is 4.99 Å². The number of amides is 2. The lowest BCUT2D eigenvalue weighted by molar-refractivity contribution is -0.114. The Kier molecular flexibility index (Phi) is 9.53. The summed E-state index contributed by atoms with van der Waals surface area (Å²) in [5, 5.41) is 11.9. The molecule has 2 amide bonds. The van der Waals surface area contributed by atoms with E-state index in [1.165, 1.54) is 0 Å². The van der Waals surface area contributed by atoms with Crippen molar-refractivity contribution < 1.29 is 14.3 Å². The largest absolute Gasteiger partial charge is 0.444 e. The molecule has 0 unspecified atom stereocenters. The average molecular weight is 440 g/mol. The Morgan fingerprint density at radius 3 is 2.19 bits per heavy atom. The average Bonchev–Trinajstić information content (AvgIpc) is 2.72. The first kappa shape index (κ1) is 24.7. The molecule has 0 saturated heterocycles. The molecular formula is C24H33N5O3. The second-order valence-corrected chi connectivity index (χ2v) is 8.11. The predicted molar refractivity (Wildman–Crippen MR) is 129 cm³/mol. The van der Waals surface area contributed by atoms with Crippen molar-refractivity contribution >= 4 is 29.3 Å². The lowest BCUT2D eigenvalue weighted by Crippen LogP contribution is -2.39. The monoisotopic (exact) mass is 439 g/mol. The number of carbonyl (C=O) groups excluding carboxylic acids is 2. The number of carbonyl (C=O) groups is 2. The van der Waals surface area contributed by atoms with Gasteiger partial charge in [0.05, 0.1) is 0 Å². The lowest BCUT2D eigenvalue weighted by atomic mass is 10.1. The first-order chi connectivity index (χ1) is 15.2. The predicted octanol–water partition coefficient (Wildman–Crippen LogP) is 3.77. The van der Waals surface area contributed by atoms with Gasteiger partial charge in [0.1, 0.15) is 12.1 Å². The summed E-state index contributed by atoms with van der Waals surface area (Å²) in [4.78, 5) is 28.3. The van der Waals surface area contributed by atoms with Gasteiger partial charge in [-0.15, -0.1) is 0 Å². The van der Waals surface area contributed by atoms with Crippen LogP contribution in [0.4, 0.5) is 16.2 Å². The molecule has 0 bridgehead atoms. The minimum atomic E-state index is -0.538. The number of rotatable bonds is 8. The Labute approximate surface area is 189 Å². The van der Waals surface area contributed by atoms with Crippen LogP contribution in [0, 0.1) is 0 Å². The molecular weight excluding hydrogens is 406 g/mol. The van der Waals surface area contributed by atoms with Crippen LogP contribution >= 0.6 is 0 Å². The molecule has 0 fully saturated rings. The summed E-state index contributed by atoms with van der Waals surface area (Å²) >= 11 is 0. The highest BCUT2D eigenvalue weighted by Crippen LogP contribution is 2.13. The lowest BCUT2D eigenvalue weighted by Gasteiger charge is -2.19. The first-order valence-electron chi connectivity index (χ1n) is 10.7. The van der Waals surface area contributed by atoms with Gasteiger partial charge in [0.15, 0.2) is 5.96 Å². The van der Waals surface area contributed by atoms with Crippen LogP contribution in [-0.4, -0.2) is 43.2 Å². The van der Waals surface area contributed by atoms with Crippen molar-refractivity contribution in [1.29, 1.82) is 0 Å². The molecule has 4 N–H and O–H groups in total. The summed E-state index contributed by atoms with van der Waals surface area (Å²) in [5.41, 5.74) is 1.99. The summed E-state index contributed by atoms with van der Waals surface area (Å²) in [6.07, 6.45) is 0.280. The molecule has 0 atom stereocenters. The van der Waals surface area contributed by atoms with Crippen LogP contribution in [0.25, 0.3) is 0 Å². The van der Waals surface area contributed by atoms with Crippen molar-refractivity contribution in [3.8, 4) is 0 Å². The summed E-state index contributed by atoms with van der Waals surface area (Å²) in [6.45, 7) is 8.80. The number of hydrogen-bond acceptors (Lipinski definition) is 4. The number of nitrogens with one attached hydrogen (secondary N) is 4. The van der Waals surface area contributed by atoms with Crippen molar-refractivity contribution in [2.45, 2.75) is 39.7 Å². The number of anilines is 2. The SMILES string of the molecule is CCNC(=NCC(=O)Nc1ccccc1)NCCc1ccc(NC(=O)OC(C)(C)C)cc1. The molecule has 2 aromatic rings. The van der Waals surface area contributed by atoms with E-state index in [4.69, 9.17) is 4.74 Å². The van der Waals surface area contributed by atoms with E-state index in [0.29, 0.717) is 24.7 Å². The maximum Gasteiger partial charge on any atom is 0.412 e. The third-order valence-corrected chi connectivity index (χ3v) is 4.09. The Balaban J connectivity index is 1.79. The third kappa shape index (κ3) is 9.97. The fraction of sp³-hybridized carbons (Fsp3) is 0.375. The number of guanidine groups is 1. The van der Waals surface area contributed by atoms with Crippen LogP contribution in [-0.2, 0) is 16.0 Å². The molecule has 0 aliphatic rings. The molecule has 8 nitrogen and oxygen atoms in total. The van der Waals surface area contributed by atoms with Gasteiger partial charge in [-0.05, 0) is 63.9 Å². The number of hydrogen-bond donors (Lipinski definition) is 4. The van der Waals surface area contributed by atoms with Gasteiger partial charge in [0.25, 0.3) is 0 Å². The topological polar surface area (TPSA) is 104 Å². The highest BCUT2D eigenvalue weighted by atomic mass is 16.6. The van der Waals surface area contributed by atoms with Crippen molar-refractivity contribution in [3.63, 3.8) is 0 Å². The third-order valence-electron chi connectivity index (χ3n) is 4.09. The molecule has 8 heteroatoms. The van der Waals surface area contributed by atoms with Crippen LogP contribution in [0.5, 0.6) is 0 Å². The number of nitrogens with zero attached hydrogens (tertiary/aromatic N) is 1. The zero-order valence-corrected chi connectivity index (χ0v) is 19.2. The number of ether oxygens (including phenoxy) is 1. The zero-order chi connectivity index (χ0) is 23.4. The summed E-state index contributed by atoms with van der Waals surface area (Å²) < 4.78 is 5.25. The van der Waals surface area contributed by atoms with E-state index in [0.717, 1.165) is 17.7 Å². The zero-order valence-electron chi connectivity index (χ0n) is 19.2. The van der Waals surface area contributed by atoms with Crippen LogP contribution in [0.3, 0.4) is 0 Å². The molecule has 0 radical (unpaired) electrons. The Morgan fingerprint density at radius 1 is 0.906 bits per heavy atom. The highest BCUT2D eigenvalue weighted by Gasteiger charge is 2.16. The summed E-state index contributed by atoms with van der Waals surface area (Å²) in [6, 6.07) is 16.9. The molecule has 0 aromatic heterocycles. The normalized spacial score (nSPS) is 11.4.